The molecule has 0 fully saturated rings. The van der Waals surface area contributed by atoms with Crippen molar-refractivity contribution < 1.29 is 27.8 Å². The number of phenolic OH excluding ortho intramolecular Hbond substituents is 1. The lowest BCUT2D eigenvalue weighted by Crippen LogP contribution is -2.16. The third-order valence-electron chi connectivity index (χ3n) is 2.32. The van der Waals surface area contributed by atoms with Crippen LogP contribution in [-0.4, -0.2) is 17.7 Å². The van der Waals surface area contributed by atoms with Crippen LogP contribution in [0.3, 0.4) is 0 Å². The van der Waals surface area contributed by atoms with Gasteiger partial charge in [-0.2, -0.15) is 18.4 Å². The fourth-order valence-electron chi connectivity index (χ4n) is 1.59. The van der Waals surface area contributed by atoms with Gasteiger partial charge in [-0.3, -0.25) is 4.79 Å². The number of benzene rings is 1. The highest BCUT2D eigenvalue weighted by molar-refractivity contribution is 5.75. The number of carbonyl (C=O) groups is 1. The van der Waals surface area contributed by atoms with Crippen LogP contribution in [0.25, 0.3) is 0 Å². The first-order chi connectivity index (χ1) is 8.81. The fourth-order valence-corrected chi connectivity index (χ4v) is 1.59. The van der Waals surface area contributed by atoms with Crippen molar-refractivity contribution in [2.45, 2.75) is 19.5 Å². The molecule has 0 aliphatic heterocycles. The predicted molar refractivity (Wildman–Crippen MR) is 58.2 cm³/mol. The molecule has 0 radical (unpaired) electrons. The van der Waals surface area contributed by atoms with Crippen LogP contribution in [0.5, 0.6) is 5.75 Å². The number of phenols is 1. The van der Waals surface area contributed by atoms with E-state index in [1.807, 2.05) is 0 Å². The average molecular weight is 273 g/mol. The summed E-state index contributed by atoms with van der Waals surface area (Å²) >= 11 is 0. The van der Waals surface area contributed by atoms with Crippen LogP contribution < -0.4 is 0 Å². The number of hydrogen-bond donors (Lipinski definition) is 1. The Balaban J connectivity index is 3.36. The molecule has 1 N–H and O–H groups in total. The van der Waals surface area contributed by atoms with Gasteiger partial charge in [0.1, 0.15) is 5.75 Å². The summed E-state index contributed by atoms with van der Waals surface area (Å²) in [6.45, 7) is 1.52. The van der Waals surface area contributed by atoms with Gasteiger partial charge in [-0.15, -0.1) is 0 Å². The van der Waals surface area contributed by atoms with Crippen molar-refractivity contribution in [2.75, 3.05) is 6.61 Å². The lowest BCUT2D eigenvalue weighted by molar-refractivity contribution is -0.143. The second-order valence-corrected chi connectivity index (χ2v) is 3.58. The fraction of sp³-hybridized carbons (Fsp3) is 0.333. The van der Waals surface area contributed by atoms with Crippen LogP contribution in [0.15, 0.2) is 12.1 Å². The molecular formula is C12H10F3NO3. The van der Waals surface area contributed by atoms with E-state index in [4.69, 9.17) is 5.26 Å². The molecule has 1 aromatic carbocycles. The largest absolute Gasteiger partial charge is 0.508 e. The number of ether oxygens (including phenoxy) is 1. The highest BCUT2D eigenvalue weighted by Gasteiger charge is 2.38. The third-order valence-corrected chi connectivity index (χ3v) is 2.32. The third kappa shape index (κ3) is 3.37. The number of halogens is 3. The van der Waals surface area contributed by atoms with Crippen molar-refractivity contribution in [3.8, 4) is 11.8 Å². The number of carbonyl (C=O) groups excluding carboxylic acids is 1. The zero-order chi connectivity index (χ0) is 14.6. The zero-order valence-electron chi connectivity index (χ0n) is 9.91. The van der Waals surface area contributed by atoms with Crippen molar-refractivity contribution >= 4 is 5.97 Å². The molecule has 0 heterocycles. The number of rotatable bonds is 3. The number of nitriles is 1. The number of alkyl halides is 3. The minimum absolute atomic E-state index is 0.0128. The maximum absolute atomic E-state index is 12.9. The molecule has 4 nitrogen and oxygen atoms in total. The van der Waals surface area contributed by atoms with Crippen molar-refractivity contribution in [2.24, 2.45) is 0 Å². The Bertz CT molecular complexity index is 532. The number of hydrogen-bond acceptors (Lipinski definition) is 4. The van der Waals surface area contributed by atoms with Crippen LogP contribution in [0, 0.1) is 11.3 Å². The van der Waals surface area contributed by atoms with Crippen LogP contribution in [0.1, 0.15) is 23.6 Å². The maximum Gasteiger partial charge on any atom is 0.418 e. The SMILES string of the molecule is CCOC(=O)Cc1c(O)ccc(C#N)c1C(F)(F)F. The zero-order valence-corrected chi connectivity index (χ0v) is 9.91. The lowest BCUT2D eigenvalue weighted by atomic mass is 9.97. The summed E-state index contributed by atoms with van der Waals surface area (Å²) < 4.78 is 43.2. The summed E-state index contributed by atoms with van der Waals surface area (Å²) in [5.74, 6) is -1.60. The van der Waals surface area contributed by atoms with Gasteiger partial charge in [-0.05, 0) is 19.1 Å². The first-order valence-electron chi connectivity index (χ1n) is 5.29. The van der Waals surface area contributed by atoms with Crippen molar-refractivity contribution in [1.82, 2.24) is 0 Å². The van der Waals surface area contributed by atoms with Gasteiger partial charge >= 0.3 is 12.1 Å². The summed E-state index contributed by atoms with van der Waals surface area (Å²) in [6, 6.07) is 3.19. The van der Waals surface area contributed by atoms with E-state index in [2.05, 4.69) is 4.74 Å². The van der Waals surface area contributed by atoms with Gasteiger partial charge in [-0.1, -0.05) is 0 Å². The van der Waals surface area contributed by atoms with Gasteiger partial charge in [0, 0.05) is 5.56 Å². The monoisotopic (exact) mass is 273 g/mol. The topological polar surface area (TPSA) is 70.3 Å². The number of nitrogens with zero attached hydrogens (tertiary/aromatic N) is 1. The number of aromatic hydroxyl groups is 1. The van der Waals surface area contributed by atoms with Gasteiger partial charge < -0.3 is 9.84 Å². The Morgan fingerprint density at radius 1 is 1.47 bits per heavy atom. The summed E-state index contributed by atoms with van der Waals surface area (Å²) in [5.41, 5.74) is -2.60. The molecule has 1 rings (SSSR count). The van der Waals surface area contributed by atoms with Crippen molar-refractivity contribution in [1.29, 1.82) is 5.26 Å². The van der Waals surface area contributed by atoms with E-state index in [0.717, 1.165) is 12.1 Å². The quantitative estimate of drug-likeness (QED) is 0.858. The summed E-state index contributed by atoms with van der Waals surface area (Å²) in [5, 5.41) is 18.2. The van der Waals surface area contributed by atoms with Gasteiger partial charge in [-0.25, -0.2) is 0 Å². The molecule has 0 atom stereocenters. The van der Waals surface area contributed by atoms with Crippen molar-refractivity contribution in [3.05, 3.63) is 28.8 Å². The Labute approximate surface area is 107 Å². The molecule has 1 aromatic rings. The summed E-state index contributed by atoms with van der Waals surface area (Å²) in [7, 11) is 0. The molecule has 0 aliphatic rings. The molecule has 0 spiro atoms. The normalized spacial score (nSPS) is 10.9. The standard InChI is InChI=1S/C12H10F3NO3/c1-2-19-10(18)5-8-9(17)4-3-7(6-16)11(8)12(13,14)15/h3-4,17H,2,5H2,1H3. The molecular weight excluding hydrogens is 263 g/mol. The summed E-state index contributed by atoms with van der Waals surface area (Å²) in [4.78, 5) is 11.3. The van der Waals surface area contributed by atoms with Crippen LogP contribution in [-0.2, 0) is 22.1 Å². The second kappa shape index (κ2) is 5.61. The lowest BCUT2D eigenvalue weighted by Gasteiger charge is -2.15. The van der Waals surface area contributed by atoms with E-state index in [0.29, 0.717) is 0 Å². The van der Waals surface area contributed by atoms with E-state index in [1.54, 1.807) is 0 Å². The molecule has 19 heavy (non-hydrogen) atoms. The Morgan fingerprint density at radius 3 is 2.58 bits per heavy atom. The first kappa shape index (κ1) is 14.8. The van der Waals surface area contributed by atoms with E-state index in [1.165, 1.54) is 13.0 Å². The van der Waals surface area contributed by atoms with E-state index in [9.17, 15) is 23.1 Å². The van der Waals surface area contributed by atoms with Crippen LogP contribution in [0.2, 0.25) is 0 Å². The number of esters is 1. The summed E-state index contributed by atoms with van der Waals surface area (Å²) in [6.07, 6.45) is -5.59. The molecule has 7 heteroatoms. The van der Waals surface area contributed by atoms with E-state index < -0.39 is 41.0 Å². The Morgan fingerprint density at radius 2 is 2.11 bits per heavy atom. The molecule has 0 saturated heterocycles. The molecule has 102 valence electrons. The van der Waals surface area contributed by atoms with Crippen LogP contribution in [0.4, 0.5) is 13.2 Å². The molecule has 0 aromatic heterocycles. The van der Waals surface area contributed by atoms with Gasteiger partial charge in [0.2, 0.25) is 0 Å². The molecule has 0 amide bonds. The van der Waals surface area contributed by atoms with Gasteiger partial charge in [0.15, 0.2) is 0 Å². The molecule has 0 unspecified atom stereocenters. The highest BCUT2D eigenvalue weighted by Crippen LogP contribution is 2.38. The van der Waals surface area contributed by atoms with Gasteiger partial charge in [0.05, 0.1) is 30.2 Å². The Hall–Kier alpha value is -2.23. The molecule has 0 aliphatic carbocycles. The van der Waals surface area contributed by atoms with Gasteiger partial charge in [0.25, 0.3) is 0 Å². The van der Waals surface area contributed by atoms with E-state index in [-0.39, 0.29) is 6.61 Å². The van der Waals surface area contributed by atoms with Crippen molar-refractivity contribution in [3.63, 3.8) is 0 Å². The van der Waals surface area contributed by atoms with Crippen LogP contribution >= 0.6 is 0 Å². The molecule has 0 saturated carbocycles. The molecule has 0 bridgehead atoms. The average Bonchev–Trinajstić information content (AvgIpc) is 2.30. The minimum atomic E-state index is -4.84. The maximum atomic E-state index is 12.9. The minimum Gasteiger partial charge on any atom is -0.508 e. The Kier molecular flexibility index (Phi) is 4.38. The first-order valence-corrected chi connectivity index (χ1v) is 5.29. The predicted octanol–water partition coefficient (Wildman–Crippen LogP) is 2.39. The van der Waals surface area contributed by atoms with E-state index >= 15 is 0 Å². The smallest absolute Gasteiger partial charge is 0.418 e. The highest BCUT2D eigenvalue weighted by atomic mass is 19.4. The second-order valence-electron chi connectivity index (χ2n) is 3.58.